The number of nitrogens with zero attached hydrogens (tertiary/aromatic N) is 1. The first-order valence-corrected chi connectivity index (χ1v) is 9.14. The van der Waals surface area contributed by atoms with Crippen LogP contribution in [0.25, 0.3) is 0 Å². The Morgan fingerprint density at radius 1 is 1.10 bits per heavy atom. The fourth-order valence-corrected chi connectivity index (χ4v) is 5.45. The van der Waals surface area contributed by atoms with Crippen LogP contribution in [-0.2, 0) is 0 Å². The van der Waals surface area contributed by atoms with Crippen LogP contribution < -0.4 is 5.32 Å². The molecule has 1 saturated heterocycles. The summed E-state index contributed by atoms with van der Waals surface area (Å²) in [5, 5.41) is 3.68. The summed E-state index contributed by atoms with van der Waals surface area (Å²) in [6.45, 7) is 11.3. The van der Waals surface area contributed by atoms with E-state index in [0.717, 1.165) is 24.3 Å². The zero-order valence-corrected chi connectivity index (χ0v) is 13.7. The van der Waals surface area contributed by atoms with Gasteiger partial charge in [-0.3, -0.25) is 0 Å². The Hall–Kier alpha value is -0.0800. The maximum absolute atomic E-state index is 3.68. The Morgan fingerprint density at radius 2 is 1.85 bits per heavy atom. The standard InChI is InChI=1S/C18H34N2/c1-3-19-13-18(9-5-6-15(2)10-18)14-20-11-16-7-4-8-17(16)12-20/h15-17,19H,3-14H2,1-2H3. The van der Waals surface area contributed by atoms with Crippen LogP contribution >= 0.6 is 0 Å². The Morgan fingerprint density at radius 3 is 2.50 bits per heavy atom. The summed E-state index contributed by atoms with van der Waals surface area (Å²) in [7, 11) is 0. The summed E-state index contributed by atoms with van der Waals surface area (Å²) in [4.78, 5) is 2.84. The Balaban J connectivity index is 1.61. The highest BCUT2D eigenvalue weighted by Crippen LogP contribution is 2.43. The summed E-state index contributed by atoms with van der Waals surface area (Å²) in [5.74, 6) is 3.03. The molecule has 3 fully saturated rings. The fraction of sp³-hybridized carbons (Fsp3) is 1.00. The summed E-state index contributed by atoms with van der Waals surface area (Å²) >= 11 is 0. The van der Waals surface area contributed by atoms with E-state index in [1.807, 2.05) is 0 Å². The van der Waals surface area contributed by atoms with Gasteiger partial charge in [-0.05, 0) is 55.4 Å². The van der Waals surface area contributed by atoms with Gasteiger partial charge in [-0.15, -0.1) is 0 Å². The third-order valence-corrected chi connectivity index (χ3v) is 6.30. The lowest BCUT2D eigenvalue weighted by Gasteiger charge is -2.43. The van der Waals surface area contributed by atoms with Gasteiger partial charge < -0.3 is 10.2 Å². The third-order valence-electron chi connectivity index (χ3n) is 6.30. The second-order valence-corrected chi connectivity index (χ2v) is 8.13. The monoisotopic (exact) mass is 278 g/mol. The normalized spacial score (nSPS) is 42.0. The van der Waals surface area contributed by atoms with Crippen molar-refractivity contribution in [2.45, 2.75) is 58.8 Å². The quantitative estimate of drug-likeness (QED) is 0.827. The topological polar surface area (TPSA) is 15.3 Å². The van der Waals surface area contributed by atoms with Crippen molar-refractivity contribution in [2.75, 3.05) is 32.7 Å². The molecular weight excluding hydrogens is 244 g/mol. The lowest BCUT2D eigenvalue weighted by atomic mass is 9.69. The molecule has 0 aromatic rings. The van der Waals surface area contributed by atoms with Gasteiger partial charge in [-0.2, -0.15) is 0 Å². The average molecular weight is 278 g/mol. The van der Waals surface area contributed by atoms with Crippen molar-refractivity contribution in [3.63, 3.8) is 0 Å². The van der Waals surface area contributed by atoms with Crippen LogP contribution in [0.4, 0.5) is 0 Å². The SMILES string of the molecule is CCNCC1(CN2CC3CCCC3C2)CCCC(C)C1. The largest absolute Gasteiger partial charge is 0.316 e. The third kappa shape index (κ3) is 3.22. The van der Waals surface area contributed by atoms with Crippen LogP contribution in [0.1, 0.15) is 58.8 Å². The molecule has 4 unspecified atom stereocenters. The predicted molar refractivity (Wildman–Crippen MR) is 85.9 cm³/mol. The first-order valence-electron chi connectivity index (χ1n) is 9.14. The Kier molecular flexibility index (Phi) is 4.72. The summed E-state index contributed by atoms with van der Waals surface area (Å²) in [6.07, 6.45) is 10.3. The van der Waals surface area contributed by atoms with Gasteiger partial charge in [0.2, 0.25) is 0 Å². The molecule has 1 heterocycles. The van der Waals surface area contributed by atoms with Gasteiger partial charge in [0, 0.05) is 26.2 Å². The van der Waals surface area contributed by atoms with Gasteiger partial charge in [-0.25, -0.2) is 0 Å². The molecule has 1 aliphatic heterocycles. The van der Waals surface area contributed by atoms with E-state index in [4.69, 9.17) is 0 Å². The van der Waals surface area contributed by atoms with E-state index < -0.39 is 0 Å². The number of nitrogens with one attached hydrogen (secondary N) is 1. The van der Waals surface area contributed by atoms with E-state index in [2.05, 4.69) is 24.1 Å². The molecule has 2 saturated carbocycles. The fourth-order valence-electron chi connectivity index (χ4n) is 5.45. The minimum Gasteiger partial charge on any atom is -0.316 e. The number of fused-ring (bicyclic) bond motifs is 1. The van der Waals surface area contributed by atoms with Crippen molar-refractivity contribution in [1.82, 2.24) is 10.2 Å². The molecule has 3 rings (SSSR count). The van der Waals surface area contributed by atoms with Crippen LogP contribution in [0, 0.1) is 23.2 Å². The molecule has 3 aliphatic rings. The molecule has 1 N–H and O–H groups in total. The molecule has 0 aromatic carbocycles. The van der Waals surface area contributed by atoms with Gasteiger partial charge in [0.15, 0.2) is 0 Å². The maximum Gasteiger partial charge on any atom is 0.00505 e. The van der Waals surface area contributed by atoms with Gasteiger partial charge >= 0.3 is 0 Å². The molecule has 0 bridgehead atoms. The Bertz CT molecular complexity index is 305. The average Bonchev–Trinajstić information content (AvgIpc) is 2.97. The zero-order chi connectivity index (χ0) is 14.0. The highest BCUT2D eigenvalue weighted by Gasteiger charge is 2.41. The number of hydrogen-bond donors (Lipinski definition) is 1. The van der Waals surface area contributed by atoms with E-state index in [1.54, 1.807) is 0 Å². The highest BCUT2D eigenvalue weighted by molar-refractivity contribution is 4.94. The van der Waals surface area contributed by atoms with Crippen molar-refractivity contribution in [2.24, 2.45) is 23.2 Å². The van der Waals surface area contributed by atoms with E-state index in [9.17, 15) is 0 Å². The van der Waals surface area contributed by atoms with Crippen molar-refractivity contribution in [3.05, 3.63) is 0 Å². The molecule has 2 heteroatoms. The van der Waals surface area contributed by atoms with Crippen molar-refractivity contribution in [1.29, 1.82) is 0 Å². The molecule has 116 valence electrons. The summed E-state index contributed by atoms with van der Waals surface area (Å²) in [6, 6.07) is 0. The molecule has 20 heavy (non-hydrogen) atoms. The molecule has 0 amide bonds. The van der Waals surface area contributed by atoms with E-state index in [0.29, 0.717) is 5.41 Å². The Labute approximate surface area is 125 Å². The number of hydrogen-bond acceptors (Lipinski definition) is 2. The maximum atomic E-state index is 3.68. The van der Waals surface area contributed by atoms with Crippen molar-refractivity contribution in [3.8, 4) is 0 Å². The molecule has 0 aromatic heterocycles. The second kappa shape index (κ2) is 6.36. The van der Waals surface area contributed by atoms with Crippen LogP contribution in [0.3, 0.4) is 0 Å². The highest BCUT2D eigenvalue weighted by atomic mass is 15.2. The second-order valence-electron chi connectivity index (χ2n) is 8.13. The van der Waals surface area contributed by atoms with Gasteiger partial charge in [0.1, 0.15) is 0 Å². The van der Waals surface area contributed by atoms with E-state index in [1.165, 1.54) is 71.1 Å². The molecule has 0 radical (unpaired) electrons. The number of likely N-dealkylation sites (tertiary alicyclic amines) is 1. The van der Waals surface area contributed by atoms with E-state index >= 15 is 0 Å². The van der Waals surface area contributed by atoms with Gasteiger partial charge in [0.25, 0.3) is 0 Å². The van der Waals surface area contributed by atoms with Crippen molar-refractivity contribution >= 4 is 0 Å². The zero-order valence-electron chi connectivity index (χ0n) is 13.7. The van der Waals surface area contributed by atoms with Crippen molar-refractivity contribution < 1.29 is 0 Å². The summed E-state index contributed by atoms with van der Waals surface area (Å²) < 4.78 is 0. The first kappa shape index (κ1) is 14.8. The minimum atomic E-state index is 0.576. The predicted octanol–water partition coefficient (Wildman–Crippen LogP) is 3.52. The van der Waals surface area contributed by atoms with Crippen LogP contribution in [0.15, 0.2) is 0 Å². The lowest BCUT2D eigenvalue weighted by Crippen LogP contribution is -2.46. The number of rotatable bonds is 5. The lowest BCUT2D eigenvalue weighted by molar-refractivity contribution is 0.0879. The smallest absolute Gasteiger partial charge is 0.00505 e. The molecule has 4 atom stereocenters. The molecule has 0 spiro atoms. The van der Waals surface area contributed by atoms with Crippen LogP contribution in [0.5, 0.6) is 0 Å². The van der Waals surface area contributed by atoms with Gasteiger partial charge in [-0.1, -0.05) is 33.1 Å². The van der Waals surface area contributed by atoms with Crippen LogP contribution in [-0.4, -0.2) is 37.6 Å². The van der Waals surface area contributed by atoms with Gasteiger partial charge in [0.05, 0.1) is 0 Å². The van der Waals surface area contributed by atoms with Crippen LogP contribution in [0.2, 0.25) is 0 Å². The minimum absolute atomic E-state index is 0.576. The van der Waals surface area contributed by atoms with E-state index in [-0.39, 0.29) is 0 Å². The first-order chi connectivity index (χ1) is 9.71. The molecular formula is C18H34N2. The molecule has 2 nitrogen and oxygen atoms in total. The summed E-state index contributed by atoms with van der Waals surface area (Å²) in [5.41, 5.74) is 0.576. The molecule has 2 aliphatic carbocycles.